The third kappa shape index (κ3) is 5.56. The molecule has 1 atom stereocenters. The number of nitrogens with one attached hydrogen (secondary N) is 2. The van der Waals surface area contributed by atoms with Crippen molar-refractivity contribution in [3.05, 3.63) is 53.6 Å². The highest BCUT2D eigenvalue weighted by Gasteiger charge is 2.18. The van der Waals surface area contributed by atoms with Gasteiger partial charge in [0.25, 0.3) is 0 Å². The molecule has 1 heterocycles. The zero-order chi connectivity index (χ0) is 22.4. The molecule has 0 spiro atoms. The molecule has 1 amide bonds. The van der Waals surface area contributed by atoms with Gasteiger partial charge in [-0.25, -0.2) is 13.1 Å². The Kier molecular flexibility index (Phi) is 7.19. The van der Waals surface area contributed by atoms with Crippen molar-refractivity contribution >= 4 is 22.0 Å². The molecule has 0 saturated carbocycles. The van der Waals surface area contributed by atoms with Crippen molar-refractivity contribution in [1.82, 2.24) is 10.0 Å². The molecule has 0 fully saturated rings. The summed E-state index contributed by atoms with van der Waals surface area (Å²) < 4.78 is 43.1. The van der Waals surface area contributed by atoms with Crippen LogP contribution in [0.15, 0.2) is 47.4 Å². The van der Waals surface area contributed by atoms with Gasteiger partial charge < -0.3 is 19.5 Å². The molecule has 1 unspecified atom stereocenters. The number of hydrogen-bond donors (Lipinski definition) is 2. The first-order valence-electron chi connectivity index (χ1n) is 9.84. The van der Waals surface area contributed by atoms with Crippen LogP contribution in [0.4, 0.5) is 0 Å². The van der Waals surface area contributed by atoms with E-state index in [4.69, 9.17) is 14.2 Å². The molecule has 1 aliphatic rings. The standard InChI is InChI=1S/C22H26N2O6S/c1-15(17-7-9-18-20(14-17)30-12-4-11-29-18)24-22(25)10-6-16-5-8-19(28-3)21(13-16)31(26,27)23-2/h5-10,13-15,23H,4,11-12H2,1-3H3,(H,24,25)/b10-6+. The normalized spacial score (nSPS) is 14.7. The molecule has 3 rings (SSSR count). The maximum Gasteiger partial charge on any atom is 0.244 e. The molecule has 1 aliphatic heterocycles. The SMILES string of the molecule is CNS(=O)(=O)c1cc(/C=C/C(=O)NC(C)c2ccc3c(c2)OCCCO3)ccc1OC. The summed E-state index contributed by atoms with van der Waals surface area (Å²) in [4.78, 5) is 12.4. The van der Waals surface area contributed by atoms with E-state index in [-0.39, 0.29) is 22.6 Å². The van der Waals surface area contributed by atoms with E-state index in [2.05, 4.69) is 10.0 Å². The molecule has 0 aromatic heterocycles. The highest BCUT2D eigenvalue weighted by atomic mass is 32.2. The van der Waals surface area contributed by atoms with E-state index in [1.54, 1.807) is 18.2 Å². The summed E-state index contributed by atoms with van der Waals surface area (Å²) in [7, 11) is -0.977. The molecule has 2 aromatic carbocycles. The lowest BCUT2D eigenvalue weighted by atomic mass is 10.1. The van der Waals surface area contributed by atoms with Crippen LogP contribution in [0.25, 0.3) is 6.08 Å². The van der Waals surface area contributed by atoms with Crippen molar-refractivity contribution < 1.29 is 27.4 Å². The lowest BCUT2D eigenvalue weighted by Gasteiger charge is -2.15. The number of carbonyl (C=O) groups is 1. The number of ether oxygens (including phenoxy) is 3. The van der Waals surface area contributed by atoms with Gasteiger partial charge in [0.05, 0.1) is 26.4 Å². The van der Waals surface area contributed by atoms with Crippen LogP contribution in [0.1, 0.15) is 30.5 Å². The quantitative estimate of drug-likeness (QED) is 0.634. The summed E-state index contributed by atoms with van der Waals surface area (Å²) in [5.74, 6) is 1.28. The van der Waals surface area contributed by atoms with Crippen molar-refractivity contribution in [3.8, 4) is 17.2 Å². The van der Waals surface area contributed by atoms with E-state index in [1.165, 1.54) is 26.3 Å². The van der Waals surface area contributed by atoms with E-state index in [9.17, 15) is 13.2 Å². The second kappa shape index (κ2) is 9.84. The number of fused-ring (bicyclic) bond motifs is 1. The van der Waals surface area contributed by atoms with Crippen LogP contribution in [-0.2, 0) is 14.8 Å². The van der Waals surface area contributed by atoms with E-state index >= 15 is 0 Å². The Bertz CT molecular complexity index is 1080. The summed E-state index contributed by atoms with van der Waals surface area (Å²) >= 11 is 0. The highest BCUT2D eigenvalue weighted by Crippen LogP contribution is 2.32. The minimum Gasteiger partial charge on any atom is -0.495 e. The molecular weight excluding hydrogens is 420 g/mol. The number of amides is 1. The fraction of sp³-hybridized carbons (Fsp3) is 0.318. The Labute approximate surface area is 182 Å². The first kappa shape index (κ1) is 22.6. The van der Waals surface area contributed by atoms with E-state index in [0.29, 0.717) is 30.3 Å². The van der Waals surface area contributed by atoms with Gasteiger partial charge in [0, 0.05) is 12.5 Å². The van der Waals surface area contributed by atoms with Crippen molar-refractivity contribution in [3.63, 3.8) is 0 Å². The van der Waals surface area contributed by atoms with Gasteiger partial charge in [-0.3, -0.25) is 4.79 Å². The first-order valence-corrected chi connectivity index (χ1v) is 11.3. The maximum atomic E-state index is 12.4. The van der Waals surface area contributed by atoms with Gasteiger partial charge in [-0.05, 0) is 55.4 Å². The third-order valence-electron chi connectivity index (χ3n) is 4.80. The molecule has 8 nitrogen and oxygen atoms in total. The molecule has 2 aromatic rings. The monoisotopic (exact) mass is 446 g/mol. The average molecular weight is 447 g/mol. The molecule has 31 heavy (non-hydrogen) atoms. The zero-order valence-electron chi connectivity index (χ0n) is 17.7. The van der Waals surface area contributed by atoms with E-state index < -0.39 is 10.0 Å². The predicted octanol–water partition coefficient (Wildman–Crippen LogP) is 2.66. The minimum atomic E-state index is -3.70. The van der Waals surface area contributed by atoms with E-state index in [1.807, 2.05) is 25.1 Å². The number of hydrogen-bond acceptors (Lipinski definition) is 6. The molecule has 2 N–H and O–H groups in total. The Balaban J connectivity index is 1.71. The fourth-order valence-electron chi connectivity index (χ4n) is 3.08. The molecule has 0 saturated heterocycles. The van der Waals surface area contributed by atoms with E-state index in [0.717, 1.165) is 12.0 Å². The molecule has 166 valence electrons. The largest absolute Gasteiger partial charge is 0.495 e. The summed E-state index contributed by atoms with van der Waals surface area (Å²) in [5.41, 5.74) is 1.44. The smallest absolute Gasteiger partial charge is 0.244 e. The topological polar surface area (TPSA) is 103 Å². The van der Waals surface area contributed by atoms with Crippen molar-refractivity contribution in [1.29, 1.82) is 0 Å². The predicted molar refractivity (Wildman–Crippen MR) is 117 cm³/mol. The van der Waals surface area contributed by atoms with Crippen LogP contribution >= 0.6 is 0 Å². The molecule has 0 bridgehead atoms. The van der Waals surface area contributed by atoms with Crippen LogP contribution in [0.3, 0.4) is 0 Å². The maximum absolute atomic E-state index is 12.4. The Morgan fingerprint density at radius 3 is 2.58 bits per heavy atom. The van der Waals surface area contributed by atoms with Gasteiger partial charge in [-0.1, -0.05) is 12.1 Å². The number of methoxy groups -OCH3 is 1. The van der Waals surface area contributed by atoms with Gasteiger partial charge in [-0.2, -0.15) is 0 Å². The summed E-state index contributed by atoms with van der Waals surface area (Å²) in [6, 6.07) is 10.0. The molecule has 0 radical (unpaired) electrons. The van der Waals surface area contributed by atoms with Crippen molar-refractivity contribution in [2.24, 2.45) is 0 Å². The van der Waals surface area contributed by atoms with Crippen LogP contribution in [0.2, 0.25) is 0 Å². The molecular formula is C22H26N2O6S. The lowest BCUT2D eigenvalue weighted by molar-refractivity contribution is -0.117. The number of carbonyl (C=O) groups excluding carboxylic acids is 1. The van der Waals surface area contributed by atoms with Crippen LogP contribution in [-0.4, -0.2) is 41.7 Å². The average Bonchev–Trinajstić information content (AvgIpc) is 3.02. The third-order valence-corrected chi connectivity index (χ3v) is 6.24. The fourth-order valence-corrected chi connectivity index (χ4v) is 4.01. The van der Waals surface area contributed by atoms with Crippen molar-refractivity contribution in [2.45, 2.75) is 24.3 Å². The second-order valence-corrected chi connectivity index (χ2v) is 8.79. The Hall–Kier alpha value is -3.04. The number of rotatable bonds is 7. The Morgan fingerprint density at radius 1 is 1.13 bits per heavy atom. The van der Waals surface area contributed by atoms with Crippen LogP contribution in [0, 0.1) is 0 Å². The van der Waals surface area contributed by atoms with Gasteiger partial charge in [0.15, 0.2) is 11.5 Å². The zero-order valence-corrected chi connectivity index (χ0v) is 18.5. The van der Waals surface area contributed by atoms with Gasteiger partial charge in [0.2, 0.25) is 15.9 Å². The second-order valence-electron chi connectivity index (χ2n) is 6.94. The Morgan fingerprint density at radius 2 is 1.87 bits per heavy atom. The summed E-state index contributed by atoms with van der Waals surface area (Å²) in [6.07, 6.45) is 3.73. The van der Waals surface area contributed by atoms with Gasteiger partial charge >= 0.3 is 0 Å². The minimum absolute atomic E-state index is 0.000577. The molecule has 0 aliphatic carbocycles. The number of benzene rings is 2. The van der Waals surface area contributed by atoms with Crippen LogP contribution < -0.4 is 24.2 Å². The van der Waals surface area contributed by atoms with Gasteiger partial charge in [-0.15, -0.1) is 0 Å². The lowest BCUT2D eigenvalue weighted by Crippen LogP contribution is -2.24. The number of sulfonamides is 1. The van der Waals surface area contributed by atoms with Crippen LogP contribution in [0.5, 0.6) is 17.2 Å². The molecule has 9 heteroatoms. The highest BCUT2D eigenvalue weighted by molar-refractivity contribution is 7.89. The first-order chi connectivity index (χ1) is 14.8. The van der Waals surface area contributed by atoms with Crippen molar-refractivity contribution in [2.75, 3.05) is 27.4 Å². The summed E-state index contributed by atoms with van der Waals surface area (Å²) in [5, 5.41) is 2.89. The summed E-state index contributed by atoms with van der Waals surface area (Å²) in [6.45, 7) is 3.08. The van der Waals surface area contributed by atoms with Gasteiger partial charge in [0.1, 0.15) is 10.6 Å².